The number of hydrogen-bond donors (Lipinski definition) is 2. The number of hydrogen-bond acceptors (Lipinski definition) is 7. The number of ether oxygens (including phenoxy) is 1. The number of halogens is 1. The topological polar surface area (TPSA) is 115 Å². The van der Waals surface area contributed by atoms with Gasteiger partial charge in [-0.15, -0.1) is 0 Å². The molecule has 11 heteroatoms. The minimum atomic E-state index is -3.65. The highest BCUT2D eigenvalue weighted by molar-refractivity contribution is 7.89. The van der Waals surface area contributed by atoms with E-state index in [1.807, 2.05) is 6.07 Å². The van der Waals surface area contributed by atoms with Crippen molar-refractivity contribution in [1.29, 1.82) is 5.26 Å². The molecule has 0 bridgehead atoms. The predicted molar refractivity (Wildman–Crippen MR) is 144 cm³/mol. The molecule has 0 saturated carbocycles. The highest BCUT2D eigenvalue weighted by Crippen LogP contribution is 2.41. The fourth-order valence-corrected chi connectivity index (χ4v) is 7.45. The second-order valence-corrected chi connectivity index (χ2v) is 12.5. The molecule has 2 atom stereocenters. The van der Waals surface area contributed by atoms with Gasteiger partial charge in [-0.2, -0.15) is 9.57 Å². The van der Waals surface area contributed by atoms with E-state index in [2.05, 4.69) is 21.6 Å². The Labute approximate surface area is 228 Å². The third-order valence-electron chi connectivity index (χ3n) is 7.65. The van der Waals surface area contributed by atoms with Gasteiger partial charge in [0, 0.05) is 57.3 Å². The molecule has 38 heavy (non-hydrogen) atoms. The van der Waals surface area contributed by atoms with Gasteiger partial charge in [0.1, 0.15) is 11.9 Å². The van der Waals surface area contributed by atoms with Crippen LogP contribution < -0.4 is 15.4 Å². The van der Waals surface area contributed by atoms with Crippen molar-refractivity contribution in [2.75, 3.05) is 39.3 Å². The van der Waals surface area contributed by atoms with Crippen LogP contribution in [0.4, 0.5) is 0 Å². The van der Waals surface area contributed by atoms with Crippen LogP contribution in [0.1, 0.15) is 42.6 Å². The lowest BCUT2D eigenvalue weighted by Crippen LogP contribution is -2.50. The third kappa shape index (κ3) is 5.53. The average molecular weight is 558 g/mol. The van der Waals surface area contributed by atoms with Crippen LogP contribution in [0.25, 0.3) is 0 Å². The summed E-state index contributed by atoms with van der Waals surface area (Å²) in [5.41, 5.74) is 2.45. The molecule has 2 heterocycles. The van der Waals surface area contributed by atoms with Crippen LogP contribution in [0, 0.1) is 11.3 Å². The number of carbonyl (C=O) groups excluding carboxylic acids is 1. The minimum absolute atomic E-state index is 0.00250. The Morgan fingerprint density at radius 1 is 1.13 bits per heavy atom. The van der Waals surface area contributed by atoms with Gasteiger partial charge in [0.25, 0.3) is 0 Å². The maximum absolute atomic E-state index is 13.2. The molecule has 2 aromatic rings. The molecule has 1 aliphatic carbocycles. The Kier molecular flexibility index (Phi) is 7.93. The number of carbonyl (C=O) groups is 1. The van der Waals surface area contributed by atoms with E-state index in [9.17, 15) is 18.5 Å². The molecule has 2 fully saturated rings. The zero-order valence-corrected chi connectivity index (χ0v) is 22.9. The summed E-state index contributed by atoms with van der Waals surface area (Å²) in [7, 11) is -3.65. The number of piperidine rings is 1. The fourth-order valence-electron chi connectivity index (χ4n) is 5.75. The van der Waals surface area contributed by atoms with Gasteiger partial charge in [-0.25, -0.2) is 8.42 Å². The number of nitriles is 1. The first-order valence-corrected chi connectivity index (χ1v) is 14.8. The number of benzene rings is 2. The Balaban J connectivity index is 1.34. The normalized spacial score (nSPS) is 23.0. The van der Waals surface area contributed by atoms with Gasteiger partial charge in [-0.3, -0.25) is 9.69 Å². The number of fused-ring (bicyclic) bond motifs is 1. The molecule has 1 amide bonds. The number of nitrogens with zero attached hydrogens (tertiary/aromatic N) is 3. The monoisotopic (exact) mass is 557 g/mol. The molecular weight excluding hydrogens is 526 g/mol. The van der Waals surface area contributed by atoms with Gasteiger partial charge in [0.15, 0.2) is 0 Å². The standard InChI is InChI=1S/C27H32ClN5O4S/c1-18(34)31-21-6-10-33(11-7-21)38(35,36)23-4-2-22(3-5-23)37-27-25-15-20(28)14-19(17-29)24(25)16-26(27)32-12-8-30-9-13-32/h2-5,14-15,21,26-27,30H,6-13,16H2,1H3,(H,31,34)/t26-,27-/m0/s1. The van der Waals surface area contributed by atoms with Crippen molar-refractivity contribution in [2.24, 2.45) is 0 Å². The molecule has 2 saturated heterocycles. The van der Waals surface area contributed by atoms with Crippen LogP contribution in [-0.2, 0) is 21.2 Å². The van der Waals surface area contributed by atoms with Gasteiger partial charge in [0.05, 0.1) is 22.6 Å². The molecule has 2 aromatic carbocycles. The summed E-state index contributed by atoms with van der Waals surface area (Å²) >= 11 is 6.37. The Hall–Kier alpha value is -2.68. The zero-order valence-electron chi connectivity index (χ0n) is 21.3. The highest BCUT2D eigenvalue weighted by Gasteiger charge is 2.40. The first-order chi connectivity index (χ1) is 18.3. The van der Waals surface area contributed by atoms with E-state index in [1.165, 1.54) is 11.2 Å². The van der Waals surface area contributed by atoms with E-state index in [1.54, 1.807) is 30.3 Å². The maximum Gasteiger partial charge on any atom is 0.243 e. The predicted octanol–water partition coefficient (Wildman–Crippen LogP) is 2.45. The van der Waals surface area contributed by atoms with Crippen molar-refractivity contribution in [3.8, 4) is 11.8 Å². The summed E-state index contributed by atoms with van der Waals surface area (Å²) in [6.07, 6.45) is 1.54. The van der Waals surface area contributed by atoms with E-state index in [4.69, 9.17) is 16.3 Å². The lowest BCUT2D eigenvalue weighted by Gasteiger charge is -2.36. The summed E-state index contributed by atoms with van der Waals surface area (Å²) in [6.45, 7) is 5.73. The Morgan fingerprint density at radius 3 is 2.45 bits per heavy atom. The Bertz CT molecular complexity index is 1330. The van der Waals surface area contributed by atoms with Gasteiger partial charge in [-0.1, -0.05) is 11.6 Å². The van der Waals surface area contributed by atoms with Gasteiger partial charge in [-0.05, 0) is 66.8 Å². The second kappa shape index (κ2) is 11.2. The van der Waals surface area contributed by atoms with Crippen LogP contribution >= 0.6 is 11.6 Å². The molecule has 202 valence electrons. The van der Waals surface area contributed by atoms with E-state index in [0.29, 0.717) is 48.7 Å². The first kappa shape index (κ1) is 26.9. The van der Waals surface area contributed by atoms with Crippen molar-refractivity contribution in [3.05, 3.63) is 58.1 Å². The Morgan fingerprint density at radius 2 is 1.82 bits per heavy atom. The largest absolute Gasteiger partial charge is 0.484 e. The molecule has 9 nitrogen and oxygen atoms in total. The van der Waals surface area contributed by atoms with Gasteiger partial charge >= 0.3 is 0 Å². The summed E-state index contributed by atoms with van der Waals surface area (Å²) in [4.78, 5) is 13.9. The summed E-state index contributed by atoms with van der Waals surface area (Å²) in [5, 5.41) is 16.5. The SMILES string of the molecule is CC(=O)NC1CCN(S(=O)(=O)c2ccc(O[C@H]3c4cc(Cl)cc(C#N)c4C[C@@H]3N3CCNCC3)cc2)CC1. The lowest BCUT2D eigenvalue weighted by atomic mass is 10.0. The quantitative estimate of drug-likeness (QED) is 0.560. The summed E-state index contributed by atoms with van der Waals surface area (Å²) < 4.78 is 34.5. The van der Waals surface area contributed by atoms with Crippen molar-refractivity contribution in [2.45, 2.75) is 49.3 Å². The number of rotatable bonds is 6. The molecule has 0 spiro atoms. The molecule has 5 rings (SSSR count). The van der Waals surface area contributed by atoms with E-state index >= 15 is 0 Å². The third-order valence-corrected chi connectivity index (χ3v) is 9.78. The van der Waals surface area contributed by atoms with Crippen molar-refractivity contribution < 1.29 is 17.9 Å². The van der Waals surface area contributed by atoms with Crippen LogP contribution in [0.15, 0.2) is 41.3 Å². The van der Waals surface area contributed by atoms with E-state index in [-0.39, 0.29) is 29.0 Å². The van der Waals surface area contributed by atoms with Gasteiger partial charge < -0.3 is 15.4 Å². The van der Waals surface area contributed by atoms with Crippen LogP contribution in [0.2, 0.25) is 5.02 Å². The molecule has 2 aliphatic heterocycles. The summed E-state index contributed by atoms with van der Waals surface area (Å²) in [6, 6.07) is 12.5. The van der Waals surface area contributed by atoms with Crippen LogP contribution in [0.3, 0.4) is 0 Å². The molecule has 2 N–H and O–H groups in total. The second-order valence-electron chi connectivity index (χ2n) is 10.1. The smallest absolute Gasteiger partial charge is 0.243 e. The fraction of sp³-hybridized carbons (Fsp3) is 0.481. The van der Waals surface area contributed by atoms with Crippen LogP contribution in [0.5, 0.6) is 5.75 Å². The number of amides is 1. The lowest BCUT2D eigenvalue weighted by molar-refractivity contribution is -0.119. The van der Waals surface area contributed by atoms with Crippen molar-refractivity contribution in [1.82, 2.24) is 19.8 Å². The molecule has 0 radical (unpaired) electrons. The average Bonchev–Trinajstić information content (AvgIpc) is 3.27. The van der Waals surface area contributed by atoms with Crippen LogP contribution in [-0.4, -0.2) is 74.9 Å². The number of sulfonamides is 1. The van der Waals surface area contributed by atoms with E-state index < -0.39 is 10.0 Å². The number of piperazine rings is 1. The highest BCUT2D eigenvalue weighted by atomic mass is 35.5. The molecule has 3 aliphatic rings. The first-order valence-electron chi connectivity index (χ1n) is 13.0. The molecule has 0 aromatic heterocycles. The van der Waals surface area contributed by atoms with Crippen molar-refractivity contribution in [3.63, 3.8) is 0 Å². The zero-order chi connectivity index (χ0) is 26.9. The molecule has 0 unspecified atom stereocenters. The van der Waals surface area contributed by atoms with Crippen molar-refractivity contribution >= 4 is 27.5 Å². The van der Waals surface area contributed by atoms with E-state index in [0.717, 1.165) is 37.3 Å². The summed E-state index contributed by atoms with van der Waals surface area (Å²) in [5.74, 6) is 0.460. The minimum Gasteiger partial charge on any atom is -0.484 e. The van der Waals surface area contributed by atoms with Gasteiger partial charge in [0.2, 0.25) is 15.9 Å². The molecular formula is C27H32ClN5O4S. The maximum atomic E-state index is 13.2. The number of nitrogens with one attached hydrogen (secondary N) is 2.